The molecule has 0 aliphatic carbocycles. The van der Waals surface area contributed by atoms with Crippen LogP contribution in [0.2, 0.25) is 0 Å². The van der Waals surface area contributed by atoms with E-state index >= 15 is 0 Å². The zero-order valence-corrected chi connectivity index (χ0v) is 10.6. The summed E-state index contributed by atoms with van der Waals surface area (Å²) in [5.74, 6) is 0.818. The average molecular weight is 225 g/mol. The van der Waals surface area contributed by atoms with Crippen LogP contribution in [0, 0.1) is 5.41 Å². The smallest absolute Gasteiger partial charge is 0.145 e. The van der Waals surface area contributed by atoms with Crippen LogP contribution in [0.25, 0.3) is 0 Å². The number of rotatable bonds is 5. The van der Waals surface area contributed by atoms with Crippen LogP contribution >= 0.6 is 0 Å². The fourth-order valence-electron chi connectivity index (χ4n) is 1.96. The van der Waals surface area contributed by atoms with Gasteiger partial charge in [-0.15, -0.1) is 0 Å². The third-order valence-electron chi connectivity index (χ3n) is 2.82. The topological polar surface area (TPSA) is 48.2 Å². The van der Waals surface area contributed by atoms with Gasteiger partial charge in [-0.3, -0.25) is 4.99 Å². The molecule has 1 heterocycles. The average Bonchev–Trinajstić information content (AvgIpc) is 2.22. The Morgan fingerprint density at radius 1 is 1.50 bits per heavy atom. The number of oxime groups is 1. The third-order valence-corrected chi connectivity index (χ3v) is 2.82. The Hall–Kier alpha value is -1.06. The Bertz CT molecular complexity index is 271. The maximum absolute atomic E-state index is 8.60. The normalized spacial score (nSPS) is 20.2. The minimum Gasteiger partial charge on any atom is -0.411 e. The van der Waals surface area contributed by atoms with Crippen LogP contribution in [0.3, 0.4) is 0 Å². The molecule has 92 valence electrons. The van der Waals surface area contributed by atoms with Gasteiger partial charge >= 0.3 is 0 Å². The highest BCUT2D eigenvalue weighted by Gasteiger charge is 2.27. The van der Waals surface area contributed by atoms with Crippen molar-refractivity contribution in [1.29, 1.82) is 0 Å². The molecule has 1 aliphatic rings. The van der Waals surface area contributed by atoms with Crippen molar-refractivity contribution in [2.75, 3.05) is 19.6 Å². The summed E-state index contributed by atoms with van der Waals surface area (Å²) in [5, 5.41) is 11.7. The van der Waals surface area contributed by atoms with Crippen LogP contribution in [-0.4, -0.2) is 41.8 Å². The molecule has 4 heteroatoms. The lowest BCUT2D eigenvalue weighted by molar-refractivity contribution is 0.239. The van der Waals surface area contributed by atoms with E-state index in [2.05, 4.69) is 35.8 Å². The second-order valence-corrected chi connectivity index (χ2v) is 5.21. The van der Waals surface area contributed by atoms with Crippen molar-refractivity contribution in [1.82, 2.24) is 4.90 Å². The molecule has 16 heavy (non-hydrogen) atoms. The van der Waals surface area contributed by atoms with Gasteiger partial charge in [-0.25, -0.2) is 0 Å². The highest BCUT2D eigenvalue weighted by molar-refractivity contribution is 6.29. The van der Waals surface area contributed by atoms with E-state index in [9.17, 15) is 0 Å². The Balaban J connectivity index is 2.61. The first-order valence-corrected chi connectivity index (χ1v) is 6.06. The SMILES string of the molecule is CCCCCN1CC(C)(C)CN=C1/C=N/O. The van der Waals surface area contributed by atoms with Gasteiger partial charge in [0.15, 0.2) is 0 Å². The Kier molecular flexibility index (Phi) is 4.77. The van der Waals surface area contributed by atoms with Crippen molar-refractivity contribution < 1.29 is 5.21 Å². The molecule has 0 spiro atoms. The van der Waals surface area contributed by atoms with Crippen LogP contribution in [0.5, 0.6) is 0 Å². The molecule has 0 aromatic heterocycles. The van der Waals surface area contributed by atoms with Crippen LogP contribution in [0.1, 0.15) is 40.0 Å². The fraction of sp³-hybridized carbons (Fsp3) is 0.833. The van der Waals surface area contributed by atoms with Crippen molar-refractivity contribution >= 4 is 12.1 Å². The molecule has 1 rings (SSSR count). The summed E-state index contributed by atoms with van der Waals surface area (Å²) in [5.41, 5.74) is 0.221. The van der Waals surface area contributed by atoms with Gasteiger partial charge in [-0.1, -0.05) is 38.8 Å². The first-order chi connectivity index (χ1) is 7.59. The zero-order valence-electron chi connectivity index (χ0n) is 10.6. The zero-order chi connectivity index (χ0) is 12.0. The van der Waals surface area contributed by atoms with Gasteiger partial charge in [-0.2, -0.15) is 0 Å². The van der Waals surface area contributed by atoms with Crippen LogP contribution in [-0.2, 0) is 0 Å². The molecule has 0 aromatic carbocycles. The summed E-state index contributed by atoms with van der Waals surface area (Å²) in [4.78, 5) is 6.69. The van der Waals surface area contributed by atoms with Gasteiger partial charge in [0, 0.05) is 25.0 Å². The Labute approximate surface area is 98.0 Å². The summed E-state index contributed by atoms with van der Waals surface area (Å²) >= 11 is 0. The summed E-state index contributed by atoms with van der Waals surface area (Å²) < 4.78 is 0. The molecule has 0 radical (unpaired) electrons. The summed E-state index contributed by atoms with van der Waals surface area (Å²) in [7, 11) is 0. The fourth-order valence-corrected chi connectivity index (χ4v) is 1.96. The predicted molar refractivity (Wildman–Crippen MR) is 67.5 cm³/mol. The number of hydrogen-bond donors (Lipinski definition) is 1. The van der Waals surface area contributed by atoms with Gasteiger partial charge in [0.05, 0.1) is 0 Å². The molecule has 0 aromatic rings. The molecule has 1 N–H and O–H groups in total. The van der Waals surface area contributed by atoms with Gasteiger partial charge in [-0.05, 0) is 6.42 Å². The van der Waals surface area contributed by atoms with E-state index in [1.165, 1.54) is 25.5 Å². The number of nitrogens with zero attached hydrogens (tertiary/aromatic N) is 3. The first-order valence-electron chi connectivity index (χ1n) is 6.06. The molecule has 4 nitrogen and oxygen atoms in total. The van der Waals surface area contributed by atoms with E-state index in [0.717, 1.165) is 25.5 Å². The van der Waals surface area contributed by atoms with E-state index in [1.54, 1.807) is 0 Å². The lowest BCUT2D eigenvalue weighted by Crippen LogP contribution is -2.45. The lowest BCUT2D eigenvalue weighted by Gasteiger charge is -2.37. The summed E-state index contributed by atoms with van der Waals surface area (Å²) in [6.45, 7) is 9.43. The highest BCUT2D eigenvalue weighted by atomic mass is 16.4. The molecule has 0 amide bonds. The lowest BCUT2D eigenvalue weighted by atomic mass is 9.91. The number of aliphatic imine (C=N–C) groups is 1. The summed E-state index contributed by atoms with van der Waals surface area (Å²) in [6.07, 6.45) is 5.07. The molecule has 0 unspecified atom stereocenters. The Morgan fingerprint density at radius 2 is 2.25 bits per heavy atom. The van der Waals surface area contributed by atoms with E-state index in [-0.39, 0.29) is 5.41 Å². The third kappa shape index (κ3) is 3.83. The molecule has 0 bridgehead atoms. The van der Waals surface area contributed by atoms with Gasteiger partial charge in [0.1, 0.15) is 12.1 Å². The molecular formula is C12H23N3O. The monoisotopic (exact) mass is 225 g/mol. The van der Waals surface area contributed by atoms with Crippen LogP contribution in [0.15, 0.2) is 10.1 Å². The second kappa shape index (κ2) is 5.87. The Morgan fingerprint density at radius 3 is 2.88 bits per heavy atom. The molecule has 1 aliphatic heterocycles. The molecule has 0 atom stereocenters. The van der Waals surface area contributed by atoms with Crippen molar-refractivity contribution in [2.24, 2.45) is 15.6 Å². The van der Waals surface area contributed by atoms with E-state index < -0.39 is 0 Å². The van der Waals surface area contributed by atoms with E-state index in [1.807, 2.05) is 0 Å². The first kappa shape index (κ1) is 13.0. The molecule has 0 saturated carbocycles. The van der Waals surface area contributed by atoms with Crippen LogP contribution in [0.4, 0.5) is 0 Å². The van der Waals surface area contributed by atoms with Gasteiger partial charge < -0.3 is 10.1 Å². The molecule has 0 fully saturated rings. The molecule has 0 saturated heterocycles. The maximum atomic E-state index is 8.60. The van der Waals surface area contributed by atoms with Gasteiger partial charge in [0.25, 0.3) is 0 Å². The summed E-state index contributed by atoms with van der Waals surface area (Å²) in [6, 6.07) is 0. The number of hydrogen-bond acceptors (Lipinski definition) is 4. The van der Waals surface area contributed by atoms with Crippen molar-refractivity contribution in [2.45, 2.75) is 40.0 Å². The minimum absolute atomic E-state index is 0.221. The van der Waals surface area contributed by atoms with E-state index in [0.29, 0.717) is 0 Å². The van der Waals surface area contributed by atoms with Crippen molar-refractivity contribution in [3.8, 4) is 0 Å². The predicted octanol–water partition coefficient (Wildman–Crippen LogP) is 2.38. The standard InChI is InChI=1S/C12H23N3O/c1-4-5-6-7-15-10-12(2,3)9-13-11(15)8-14-16/h8,16H,4-7,9-10H2,1-3H3/b14-8+. The largest absolute Gasteiger partial charge is 0.411 e. The number of amidine groups is 1. The molecular weight excluding hydrogens is 202 g/mol. The second-order valence-electron chi connectivity index (χ2n) is 5.21. The highest BCUT2D eigenvalue weighted by Crippen LogP contribution is 2.22. The quantitative estimate of drug-likeness (QED) is 0.338. The van der Waals surface area contributed by atoms with Gasteiger partial charge in [0.2, 0.25) is 0 Å². The number of unbranched alkanes of at least 4 members (excludes halogenated alkanes) is 2. The van der Waals surface area contributed by atoms with Crippen molar-refractivity contribution in [3.63, 3.8) is 0 Å². The van der Waals surface area contributed by atoms with Crippen LogP contribution < -0.4 is 0 Å². The minimum atomic E-state index is 0.221. The van der Waals surface area contributed by atoms with E-state index in [4.69, 9.17) is 5.21 Å². The van der Waals surface area contributed by atoms with Crippen molar-refractivity contribution in [3.05, 3.63) is 0 Å². The maximum Gasteiger partial charge on any atom is 0.145 e.